The molecule has 0 bridgehead atoms. The van der Waals surface area contributed by atoms with Gasteiger partial charge < -0.3 is 14.8 Å². The summed E-state index contributed by atoms with van der Waals surface area (Å²) in [4.78, 5) is 28.8. The Hall–Kier alpha value is -3.22. The normalized spacial score (nSPS) is 31.4. The van der Waals surface area contributed by atoms with Crippen molar-refractivity contribution in [1.29, 1.82) is 0 Å². The molecule has 3 aliphatic rings. The highest BCUT2D eigenvalue weighted by Gasteiger charge is 2.54. The van der Waals surface area contributed by atoms with Crippen molar-refractivity contribution in [2.45, 2.75) is 38.7 Å². The Morgan fingerprint density at radius 2 is 2.08 bits per heavy atom. The summed E-state index contributed by atoms with van der Waals surface area (Å²) in [6, 6.07) is 10.4. The number of esters is 1. The minimum Gasteiger partial charge on any atom is -0.462 e. The van der Waals surface area contributed by atoms with Gasteiger partial charge in [-0.05, 0) is 86.1 Å². The molecule has 1 amide bonds. The first-order valence-corrected chi connectivity index (χ1v) is 12.9. The molecule has 5 rings (SSSR count). The predicted octanol–water partition coefficient (Wildman–Crippen LogP) is 5.49. The van der Waals surface area contributed by atoms with Gasteiger partial charge in [0.05, 0.1) is 18.7 Å². The number of allylic oxidation sites excluding steroid dienone is 1. The van der Waals surface area contributed by atoms with Crippen molar-refractivity contribution in [3.05, 3.63) is 60.2 Å². The first-order valence-electron chi connectivity index (χ1n) is 12.9. The van der Waals surface area contributed by atoms with Gasteiger partial charge >= 0.3 is 12.1 Å². The van der Waals surface area contributed by atoms with Crippen molar-refractivity contribution in [3.8, 4) is 11.1 Å². The van der Waals surface area contributed by atoms with Gasteiger partial charge in [-0.25, -0.2) is 9.18 Å². The van der Waals surface area contributed by atoms with Gasteiger partial charge in [0, 0.05) is 24.2 Å². The SMILES string of the molecule is COC(=O)NC[C@@H]1CC[C@@H]2[C@@H](C1)C[C@H]1C(=O)O[C@H](C)[C@H]1[C@H]2/C=C/c1ccc(-c2cccc(F)c2)cn1. The van der Waals surface area contributed by atoms with E-state index in [-0.39, 0.29) is 35.6 Å². The number of hydrogen-bond donors (Lipinski definition) is 1. The Balaban J connectivity index is 1.33. The van der Waals surface area contributed by atoms with Gasteiger partial charge in [-0.1, -0.05) is 24.3 Å². The molecule has 1 N–H and O–H groups in total. The van der Waals surface area contributed by atoms with Crippen LogP contribution in [-0.4, -0.2) is 36.8 Å². The van der Waals surface area contributed by atoms with Crippen LogP contribution in [0.3, 0.4) is 0 Å². The first-order chi connectivity index (χ1) is 17.4. The lowest BCUT2D eigenvalue weighted by molar-refractivity contribution is -0.144. The van der Waals surface area contributed by atoms with Crippen LogP contribution >= 0.6 is 0 Å². The van der Waals surface area contributed by atoms with Crippen LogP contribution in [0.15, 0.2) is 48.7 Å². The average molecular weight is 493 g/mol. The number of alkyl carbamates (subject to hydrolysis) is 1. The van der Waals surface area contributed by atoms with Crippen molar-refractivity contribution in [1.82, 2.24) is 10.3 Å². The molecular formula is C29H33FN2O4. The summed E-state index contributed by atoms with van der Waals surface area (Å²) < 4.78 is 24.0. The molecule has 36 heavy (non-hydrogen) atoms. The van der Waals surface area contributed by atoms with Crippen molar-refractivity contribution < 1.29 is 23.5 Å². The summed E-state index contributed by atoms with van der Waals surface area (Å²) >= 11 is 0. The largest absolute Gasteiger partial charge is 0.462 e. The van der Waals surface area contributed by atoms with E-state index in [0.717, 1.165) is 42.5 Å². The molecule has 1 aromatic carbocycles. The second-order valence-corrected chi connectivity index (χ2v) is 10.5. The topological polar surface area (TPSA) is 77.5 Å². The van der Waals surface area contributed by atoms with Crippen LogP contribution < -0.4 is 5.32 Å². The number of nitrogens with zero attached hydrogens (tertiary/aromatic N) is 1. The number of pyridine rings is 1. The fraction of sp³-hybridized carbons (Fsp3) is 0.483. The van der Waals surface area contributed by atoms with E-state index in [9.17, 15) is 14.0 Å². The lowest BCUT2D eigenvalue weighted by Crippen LogP contribution is -2.45. The van der Waals surface area contributed by atoms with Gasteiger partial charge in [0.25, 0.3) is 0 Å². The van der Waals surface area contributed by atoms with Crippen LogP contribution in [0, 0.1) is 41.3 Å². The summed E-state index contributed by atoms with van der Waals surface area (Å²) in [6.07, 6.45) is 9.52. The van der Waals surface area contributed by atoms with Crippen LogP contribution in [0.5, 0.6) is 0 Å². The molecule has 1 saturated heterocycles. The molecule has 7 atom stereocenters. The monoisotopic (exact) mass is 492 g/mol. The van der Waals surface area contributed by atoms with E-state index in [4.69, 9.17) is 9.47 Å². The van der Waals surface area contributed by atoms with E-state index >= 15 is 0 Å². The van der Waals surface area contributed by atoms with Gasteiger partial charge in [0.2, 0.25) is 0 Å². The van der Waals surface area contributed by atoms with Crippen molar-refractivity contribution in [3.63, 3.8) is 0 Å². The van der Waals surface area contributed by atoms with Crippen molar-refractivity contribution >= 4 is 18.1 Å². The molecule has 6 nitrogen and oxygen atoms in total. The highest BCUT2D eigenvalue weighted by atomic mass is 19.1. The van der Waals surface area contributed by atoms with Gasteiger partial charge in [0.1, 0.15) is 11.9 Å². The summed E-state index contributed by atoms with van der Waals surface area (Å²) in [5.41, 5.74) is 2.50. The number of hydrogen-bond acceptors (Lipinski definition) is 5. The fourth-order valence-electron chi connectivity index (χ4n) is 6.75. The number of fused-ring (bicyclic) bond motifs is 2. The van der Waals surface area contributed by atoms with E-state index < -0.39 is 6.09 Å². The minimum absolute atomic E-state index is 0.0725. The van der Waals surface area contributed by atoms with Gasteiger partial charge in [0.15, 0.2) is 0 Å². The molecule has 0 radical (unpaired) electrons. The molecule has 3 fully saturated rings. The van der Waals surface area contributed by atoms with E-state index in [2.05, 4.69) is 22.5 Å². The van der Waals surface area contributed by atoms with Gasteiger partial charge in [-0.2, -0.15) is 0 Å². The maximum absolute atomic E-state index is 13.6. The highest BCUT2D eigenvalue weighted by Crippen LogP contribution is 2.54. The second-order valence-electron chi connectivity index (χ2n) is 10.5. The maximum Gasteiger partial charge on any atom is 0.406 e. The molecule has 2 aromatic rings. The Kier molecular flexibility index (Phi) is 7.08. The number of aromatic nitrogens is 1. The van der Waals surface area contributed by atoms with E-state index in [0.29, 0.717) is 24.3 Å². The number of carbonyl (C=O) groups excluding carboxylic acids is 2. The van der Waals surface area contributed by atoms with Crippen molar-refractivity contribution in [2.75, 3.05) is 13.7 Å². The van der Waals surface area contributed by atoms with Crippen LogP contribution in [0.4, 0.5) is 9.18 Å². The standard InChI is InChI=1S/C29H33FN2O4/c1-17-27-25(11-9-23-8-7-20(16-31-23)19-4-3-5-22(30)13-19)24-10-6-18(15-32-29(34)35-2)12-21(24)14-26(27)28(33)36-17/h3-5,7-9,11,13,16-18,21,24-27H,6,10,12,14-15H2,1-2H3,(H,32,34)/b11-9+/t17-,18-,21+,24-,25+,26-,27+/m1/s1. The van der Waals surface area contributed by atoms with E-state index in [1.54, 1.807) is 12.3 Å². The number of carbonyl (C=O) groups is 2. The van der Waals surface area contributed by atoms with Crippen LogP contribution in [0.2, 0.25) is 0 Å². The number of benzene rings is 1. The van der Waals surface area contributed by atoms with Gasteiger partial charge in [-0.3, -0.25) is 9.78 Å². The quantitative estimate of drug-likeness (QED) is 0.559. The molecule has 0 unspecified atom stereocenters. The van der Waals surface area contributed by atoms with Crippen LogP contribution in [-0.2, 0) is 14.3 Å². The molecule has 1 aliphatic heterocycles. The molecular weight excluding hydrogens is 459 g/mol. The second kappa shape index (κ2) is 10.4. The van der Waals surface area contributed by atoms with Crippen molar-refractivity contribution in [2.24, 2.45) is 35.5 Å². The fourth-order valence-corrected chi connectivity index (χ4v) is 6.75. The Morgan fingerprint density at radius 3 is 2.83 bits per heavy atom. The summed E-state index contributed by atoms with van der Waals surface area (Å²) in [6.45, 7) is 2.62. The summed E-state index contributed by atoms with van der Waals surface area (Å²) in [7, 11) is 1.38. The summed E-state index contributed by atoms with van der Waals surface area (Å²) in [5, 5.41) is 2.84. The number of methoxy groups -OCH3 is 1. The third-order valence-corrected chi connectivity index (χ3v) is 8.41. The molecule has 7 heteroatoms. The van der Waals surface area contributed by atoms with E-state index in [1.165, 1.54) is 19.2 Å². The Morgan fingerprint density at radius 1 is 1.22 bits per heavy atom. The molecule has 2 aliphatic carbocycles. The maximum atomic E-state index is 13.6. The first kappa shape index (κ1) is 24.5. The number of cyclic esters (lactones) is 1. The van der Waals surface area contributed by atoms with Crippen LogP contribution in [0.1, 0.15) is 38.3 Å². The number of ether oxygens (including phenoxy) is 2. The number of rotatable bonds is 5. The lowest BCUT2D eigenvalue weighted by Gasteiger charge is -2.47. The highest BCUT2D eigenvalue weighted by molar-refractivity contribution is 5.75. The number of nitrogens with one attached hydrogen (secondary N) is 1. The average Bonchev–Trinajstić information content (AvgIpc) is 3.17. The molecule has 0 spiro atoms. The minimum atomic E-state index is -0.397. The zero-order valence-electron chi connectivity index (χ0n) is 20.7. The third kappa shape index (κ3) is 5.01. The molecule has 2 heterocycles. The molecule has 2 saturated carbocycles. The van der Waals surface area contributed by atoms with E-state index in [1.807, 2.05) is 25.1 Å². The predicted molar refractivity (Wildman–Crippen MR) is 134 cm³/mol. The zero-order chi connectivity index (χ0) is 25.2. The molecule has 1 aromatic heterocycles. The lowest BCUT2D eigenvalue weighted by atomic mass is 9.56. The Bertz CT molecular complexity index is 1130. The number of amides is 1. The smallest absolute Gasteiger partial charge is 0.406 e. The third-order valence-electron chi connectivity index (χ3n) is 8.41. The van der Waals surface area contributed by atoms with Crippen LogP contribution in [0.25, 0.3) is 17.2 Å². The number of halogens is 1. The van der Waals surface area contributed by atoms with Gasteiger partial charge in [-0.15, -0.1) is 0 Å². The zero-order valence-corrected chi connectivity index (χ0v) is 20.7. The Labute approximate surface area is 211 Å². The molecule has 190 valence electrons. The summed E-state index contributed by atoms with van der Waals surface area (Å²) in [5.74, 6) is 1.26.